The fourth-order valence-electron chi connectivity index (χ4n) is 3.08. The van der Waals surface area contributed by atoms with E-state index in [-0.39, 0.29) is 5.69 Å². The van der Waals surface area contributed by atoms with Crippen LogP contribution in [0.4, 0.5) is 5.69 Å². The number of pyridine rings is 1. The second kappa shape index (κ2) is 8.61. The molecule has 0 fully saturated rings. The molecule has 0 aliphatic rings. The fraction of sp³-hybridized carbons (Fsp3) is 0.0435. The van der Waals surface area contributed by atoms with E-state index in [0.29, 0.717) is 38.9 Å². The third-order valence-corrected chi connectivity index (χ3v) is 4.92. The van der Waals surface area contributed by atoms with Crippen molar-refractivity contribution >= 4 is 45.8 Å². The van der Waals surface area contributed by atoms with Crippen LogP contribution in [0.2, 0.25) is 10.0 Å². The van der Waals surface area contributed by atoms with E-state index in [0.717, 1.165) is 11.3 Å². The number of nitrogens with zero attached hydrogens (tertiary/aromatic N) is 1. The maximum absolute atomic E-state index is 11.5. The van der Waals surface area contributed by atoms with Crippen molar-refractivity contribution in [3.63, 3.8) is 0 Å². The van der Waals surface area contributed by atoms with Crippen molar-refractivity contribution in [3.05, 3.63) is 94.1 Å². The topological polar surface area (TPSA) is 71.5 Å². The minimum atomic E-state index is -1.13. The molecule has 0 spiro atoms. The second-order valence-electron chi connectivity index (χ2n) is 6.56. The van der Waals surface area contributed by atoms with E-state index in [4.69, 9.17) is 27.9 Å². The van der Waals surface area contributed by atoms with Crippen molar-refractivity contribution < 1.29 is 14.6 Å². The number of aromatic carboxylic acids is 1. The number of nitrogens with one attached hydrogen (secondary N) is 1. The normalized spacial score (nSPS) is 10.7. The maximum Gasteiger partial charge on any atom is 0.354 e. The molecule has 4 aromatic rings. The zero-order chi connectivity index (χ0) is 21.1. The first kappa shape index (κ1) is 20.0. The number of aromatic nitrogens is 1. The summed E-state index contributed by atoms with van der Waals surface area (Å²) in [5.74, 6) is 0.322. The van der Waals surface area contributed by atoms with Crippen LogP contribution in [-0.4, -0.2) is 16.1 Å². The average Bonchev–Trinajstić information content (AvgIpc) is 2.72. The lowest BCUT2D eigenvalue weighted by Gasteiger charge is -2.13. The Hall–Kier alpha value is -3.28. The standard InChI is InChI=1S/C23H16Cl2N2O3/c24-15-10-18(25)22-19(12-21(23(28)29)27-20(22)11-15)26-13-14-5-4-8-17(9-14)30-16-6-2-1-3-7-16/h1-12H,13H2,(H,26,27)(H,28,29). The lowest BCUT2D eigenvalue weighted by molar-refractivity contribution is 0.0691. The van der Waals surface area contributed by atoms with E-state index in [1.165, 1.54) is 6.07 Å². The van der Waals surface area contributed by atoms with Gasteiger partial charge in [-0.3, -0.25) is 0 Å². The summed E-state index contributed by atoms with van der Waals surface area (Å²) in [7, 11) is 0. The zero-order valence-corrected chi connectivity index (χ0v) is 17.1. The number of carbonyl (C=O) groups is 1. The van der Waals surface area contributed by atoms with Gasteiger partial charge in [-0.2, -0.15) is 0 Å². The second-order valence-corrected chi connectivity index (χ2v) is 7.40. The van der Waals surface area contributed by atoms with E-state index in [1.807, 2.05) is 54.6 Å². The van der Waals surface area contributed by atoms with Gasteiger partial charge in [-0.1, -0.05) is 53.5 Å². The summed E-state index contributed by atoms with van der Waals surface area (Å²) in [6.07, 6.45) is 0. The molecule has 150 valence electrons. The third kappa shape index (κ3) is 4.48. The zero-order valence-electron chi connectivity index (χ0n) is 15.6. The van der Waals surface area contributed by atoms with Gasteiger partial charge >= 0.3 is 5.97 Å². The Balaban J connectivity index is 1.62. The first-order valence-electron chi connectivity index (χ1n) is 9.08. The SMILES string of the molecule is O=C(O)c1cc(NCc2cccc(Oc3ccccc3)c2)c2c(Cl)cc(Cl)cc2n1. The van der Waals surface area contributed by atoms with Crippen LogP contribution < -0.4 is 10.1 Å². The Labute approximate surface area is 182 Å². The number of benzene rings is 3. The van der Waals surface area contributed by atoms with E-state index in [1.54, 1.807) is 12.1 Å². The number of carboxylic acids is 1. The number of fused-ring (bicyclic) bond motifs is 1. The van der Waals surface area contributed by atoms with Crippen LogP contribution in [0.5, 0.6) is 11.5 Å². The lowest BCUT2D eigenvalue weighted by atomic mass is 10.1. The number of halogens is 2. The van der Waals surface area contributed by atoms with Crippen molar-refractivity contribution in [1.82, 2.24) is 4.98 Å². The van der Waals surface area contributed by atoms with Crippen molar-refractivity contribution in [1.29, 1.82) is 0 Å². The van der Waals surface area contributed by atoms with Gasteiger partial charge in [0.2, 0.25) is 0 Å². The molecule has 7 heteroatoms. The quantitative estimate of drug-likeness (QED) is 0.352. The molecule has 2 N–H and O–H groups in total. The molecule has 1 heterocycles. The monoisotopic (exact) mass is 438 g/mol. The van der Waals surface area contributed by atoms with Gasteiger partial charge < -0.3 is 15.2 Å². The van der Waals surface area contributed by atoms with Crippen LogP contribution in [0, 0.1) is 0 Å². The molecule has 0 unspecified atom stereocenters. The predicted octanol–water partition coefficient (Wildman–Crippen LogP) is 6.64. The minimum absolute atomic E-state index is 0.0931. The number of rotatable bonds is 6. The fourth-order valence-corrected chi connectivity index (χ4v) is 3.66. The van der Waals surface area contributed by atoms with Gasteiger partial charge in [0, 0.05) is 22.6 Å². The molecule has 0 amide bonds. The van der Waals surface area contributed by atoms with Gasteiger partial charge in [-0.25, -0.2) is 9.78 Å². The molecule has 1 aromatic heterocycles. The molecule has 0 atom stereocenters. The number of para-hydroxylation sites is 1. The number of hydrogen-bond acceptors (Lipinski definition) is 4. The van der Waals surface area contributed by atoms with E-state index in [9.17, 15) is 9.90 Å². The first-order chi connectivity index (χ1) is 14.5. The number of hydrogen-bond donors (Lipinski definition) is 2. The highest BCUT2D eigenvalue weighted by Crippen LogP contribution is 2.33. The highest BCUT2D eigenvalue weighted by Gasteiger charge is 2.14. The predicted molar refractivity (Wildman–Crippen MR) is 119 cm³/mol. The summed E-state index contributed by atoms with van der Waals surface area (Å²) in [4.78, 5) is 15.6. The van der Waals surface area contributed by atoms with Gasteiger partial charge in [0.15, 0.2) is 5.69 Å². The smallest absolute Gasteiger partial charge is 0.354 e. The minimum Gasteiger partial charge on any atom is -0.477 e. The molecular formula is C23H16Cl2N2O3. The molecule has 0 saturated carbocycles. The van der Waals surface area contributed by atoms with Crippen LogP contribution in [0.1, 0.15) is 16.1 Å². The molecule has 0 aliphatic carbocycles. The van der Waals surface area contributed by atoms with Crippen molar-refractivity contribution in [3.8, 4) is 11.5 Å². The Bertz CT molecular complexity index is 1230. The third-order valence-electron chi connectivity index (χ3n) is 4.40. The highest BCUT2D eigenvalue weighted by molar-refractivity contribution is 6.39. The number of anilines is 1. The largest absolute Gasteiger partial charge is 0.477 e. The van der Waals surface area contributed by atoms with Crippen molar-refractivity contribution in [2.24, 2.45) is 0 Å². The summed E-state index contributed by atoms with van der Waals surface area (Å²) in [5.41, 5.74) is 1.84. The van der Waals surface area contributed by atoms with Crippen molar-refractivity contribution in [2.45, 2.75) is 6.54 Å². The first-order valence-corrected chi connectivity index (χ1v) is 9.84. The Kier molecular flexibility index (Phi) is 5.74. The number of carboxylic acid groups (broad SMARTS) is 1. The highest BCUT2D eigenvalue weighted by atomic mass is 35.5. The van der Waals surface area contributed by atoms with Gasteiger partial charge in [0.1, 0.15) is 11.5 Å². The van der Waals surface area contributed by atoms with E-state index in [2.05, 4.69) is 10.3 Å². The number of ether oxygens (including phenoxy) is 1. The van der Waals surface area contributed by atoms with Crippen LogP contribution in [0.25, 0.3) is 10.9 Å². The molecule has 4 rings (SSSR count). The summed E-state index contributed by atoms with van der Waals surface area (Å²) < 4.78 is 5.87. The Morgan fingerprint density at radius 2 is 1.73 bits per heavy atom. The summed E-state index contributed by atoms with van der Waals surface area (Å²) in [6.45, 7) is 0.434. The molecule has 5 nitrogen and oxygen atoms in total. The van der Waals surface area contributed by atoms with Gasteiger partial charge in [-0.15, -0.1) is 0 Å². The summed E-state index contributed by atoms with van der Waals surface area (Å²) in [6, 6.07) is 21.8. The van der Waals surface area contributed by atoms with E-state index >= 15 is 0 Å². The molecule has 3 aromatic carbocycles. The molecule has 0 bridgehead atoms. The lowest BCUT2D eigenvalue weighted by Crippen LogP contribution is -2.06. The van der Waals surface area contributed by atoms with Gasteiger partial charge in [0.25, 0.3) is 0 Å². The van der Waals surface area contributed by atoms with Crippen molar-refractivity contribution in [2.75, 3.05) is 5.32 Å². The maximum atomic E-state index is 11.5. The van der Waals surface area contributed by atoms with Crippen LogP contribution in [0.15, 0.2) is 72.8 Å². The van der Waals surface area contributed by atoms with Crippen LogP contribution >= 0.6 is 23.2 Å². The molecule has 30 heavy (non-hydrogen) atoms. The van der Waals surface area contributed by atoms with E-state index < -0.39 is 5.97 Å². The van der Waals surface area contributed by atoms with Gasteiger partial charge in [-0.05, 0) is 48.0 Å². The molecule has 0 radical (unpaired) electrons. The molecule has 0 aliphatic heterocycles. The van der Waals surface area contributed by atoms with Crippen LogP contribution in [0.3, 0.4) is 0 Å². The average molecular weight is 439 g/mol. The Morgan fingerprint density at radius 1 is 0.967 bits per heavy atom. The molecule has 0 saturated heterocycles. The van der Waals surface area contributed by atoms with Crippen LogP contribution in [-0.2, 0) is 6.54 Å². The van der Waals surface area contributed by atoms with Gasteiger partial charge in [0.05, 0.1) is 10.5 Å². The summed E-state index contributed by atoms with van der Waals surface area (Å²) in [5, 5.41) is 14.1. The Morgan fingerprint density at radius 3 is 2.50 bits per heavy atom. The summed E-state index contributed by atoms with van der Waals surface area (Å²) >= 11 is 12.4. The molecular weight excluding hydrogens is 423 g/mol.